The molecule has 0 spiro atoms. The summed E-state index contributed by atoms with van der Waals surface area (Å²) in [5.74, 6) is 0.521. The number of rotatable bonds is 6. The summed E-state index contributed by atoms with van der Waals surface area (Å²) >= 11 is 0. The Balaban J connectivity index is 1.48. The zero-order valence-electron chi connectivity index (χ0n) is 18.2. The Kier molecular flexibility index (Phi) is 6.80. The Morgan fingerprint density at radius 3 is 2.66 bits per heavy atom. The van der Waals surface area contributed by atoms with Crippen molar-refractivity contribution in [1.82, 2.24) is 15.2 Å². The fourth-order valence-electron chi connectivity index (χ4n) is 4.04. The van der Waals surface area contributed by atoms with Crippen LogP contribution in [0.1, 0.15) is 11.1 Å². The number of amides is 2. The van der Waals surface area contributed by atoms with Crippen molar-refractivity contribution >= 4 is 11.8 Å². The van der Waals surface area contributed by atoms with Gasteiger partial charge in [-0.25, -0.2) is 0 Å². The molecule has 32 heavy (non-hydrogen) atoms. The number of ether oxygens (including phenoxy) is 1. The second kappa shape index (κ2) is 10.1. The van der Waals surface area contributed by atoms with E-state index in [1.54, 1.807) is 24.4 Å². The van der Waals surface area contributed by atoms with Gasteiger partial charge in [-0.15, -0.1) is 0 Å². The van der Waals surface area contributed by atoms with E-state index in [1.807, 2.05) is 48.5 Å². The summed E-state index contributed by atoms with van der Waals surface area (Å²) in [6, 6.07) is 19.8. The van der Waals surface area contributed by atoms with Crippen molar-refractivity contribution in [3.05, 3.63) is 84.2 Å². The highest BCUT2D eigenvalue weighted by Gasteiger charge is 2.27. The molecule has 1 aliphatic rings. The van der Waals surface area contributed by atoms with E-state index in [4.69, 9.17) is 4.74 Å². The largest absolute Gasteiger partial charge is 0.497 e. The predicted molar refractivity (Wildman–Crippen MR) is 123 cm³/mol. The Labute approximate surface area is 188 Å². The topological polar surface area (TPSA) is 71.5 Å². The molecule has 4 rings (SSSR count). The molecule has 6 nitrogen and oxygen atoms in total. The summed E-state index contributed by atoms with van der Waals surface area (Å²) in [5, 5.41) is 2.96. The van der Waals surface area contributed by atoms with E-state index in [0.717, 1.165) is 28.0 Å². The molecule has 0 radical (unpaired) electrons. The maximum Gasteiger partial charge on any atom is 0.227 e. The first-order valence-corrected chi connectivity index (χ1v) is 10.8. The molecule has 2 aromatic carbocycles. The lowest BCUT2D eigenvalue weighted by atomic mass is 9.95. The highest BCUT2D eigenvalue weighted by Crippen LogP contribution is 2.25. The van der Waals surface area contributed by atoms with Gasteiger partial charge in [0.05, 0.1) is 19.4 Å². The number of hydrogen-bond donors (Lipinski definition) is 1. The third-order valence-corrected chi connectivity index (χ3v) is 5.74. The van der Waals surface area contributed by atoms with Crippen molar-refractivity contribution in [1.29, 1.82) is 0 Å². The van der Waals surface area contributed by atoms with Gasteiger partial charge in [-0.3, -0.25) is 14.6 Å². The van der Waals surface area contributed by atoms with Crippen molar-refractivity contribution in [2.45, 2.75) is 12.8 Å². The number of benzene rings is 2. The summed E-state index contributed by atoms with van der Waals surface area (Å²) in [7, 11) is 1.65. The van der Waals surface area contributed by atoms with E-state index in [0.29, 0.717) is 32.5 Å². The molecular formula is C26H27N3O3. The molecule has 1 N–H and O–H groups in total. The standard InChI is InChI=1S/C26H27N3O3/c1-32-24-9-3-8-22(16-24)21-7-2-5-19(13-21)14-23-18-29(12-11-28-26(23)31)25(30)15-20-6-4-10-27-17-20/h2-10,13,16-17,23H,11-12,14-15,18H2,1H3,(H,28,31). The number of methoxy groups -OCH3 is 1. The molecule has 2 heterocycles. The number of nitrogens with zero attached hydrogens (tertiary/aromatic N) is 2. The highest BCUT2D eigenvalue weighted by molar-refractivity contribution is 5.83. The lowest BCUT2D eigenvalue weighted by Crippen LogP contribution is -2.38. The number of hydrogen-bond acceptors (Lipinski definition) is 4. The molecule has 0 saturated carbocycles. The second-order valence-electron chi connectivity index (χ2n) is 8.00. The van der Waals surface area contributed by atoms with Crippen LogP contribution in [0.25, 0.3) is 11.1 Å². The van der Waals surface area contributed by atoms with Gasteiger partial charge in [0.25, 0.3) is 0 Å². The quantitative estimate of drug-likeness (QED) is 0.654. The van der Waals surface area contributed by atoms with Crippen LogP contribution in [0.4, 0.5) is 0 Å². The van der Waals surface area contributed by atoms with Gasteiger partial charge in [0.1, 0.15) is 5.75 Å². The van der Waals surface area contributed by atoms with Gasteiger partial charge in [0, 0.05) is 32.0 Å². The first-order valence-electron chi connectivity index (χ1n) is 10.8. The third-order valence-electron chi connectivity index (χ3n) is 5.74. The van der Waals surface area contributed by atoms with Crippen LogP contribution < -0.4 is 10.1 Å². The first-order chi connectivity index (χ1) is 15.6. The maximum atomic E-state index is 12.9. The van der Waals surface area contributed by atoms with Crippen LogP contribution in [-0.4, -0.2) is 48.4 Å². The van der Waals surface area contributed by atoms with Gasteiger partial charge >= 0.3 is 0 Å². The average Bonchev–Trinajstić information content (AvgIpc) is 3.01. The van der Waals surface area contributed by atoms with Crippen molar-refractivity contribution < 1.29 is 14.3 Å². The zero-order valence-corrected chi connectivity index (χ0v) is 18.2. The van der Waals surface area contributed by atoms with Crippen LogP contribution in [0.2, 0.25) is 0 Å². The highest BCUT2D eigenvalue weighted by atomic mass is 16.5. The molecule has 164 valence electrons. The molecule has 1 aliphatic heterocycles. The van der Waals surface area contributed by atoms with Crippen LogP contribution >= 0.6 is 0 Å². The van der Waals surface area contributed by atoms with E-state index in [1.165, 1.54) is 0 Å². The fourth-order valence-corrected chi connectivity index (χ4v) is 4.04. The summed E-state index contributed by atoms with van der Waals surface area (Å²) in [5.41, 5.74) is 4.07. The predicted octanol–water partition coefficient (Wildman–Crippen LogP) is 3.12. The number of carbonyl (C=O) groups excluding carboxylic acids is 2. The van der Waals surface area contributed by atoms with Crippen molar-refractivity contribution in [3.8, 4) is 16.9 Å². The Morgan fingerprint density at radius 1 is 1.09 bits per heavy atom. The van der Waals surface area contributed by atoms with Gasteiger partial charge < -0.3 is 15.0 Å². The zero-order chi connectivity index (χ0) is 22.3. The Bertz CT molecular complexity index is 1080. The van der Waals surface area contributed by atoms with E-state index in [9.17, 15) is 9.59 Å². The van der Waals surface area contributed by atoms with Crippen molar-refractivity contribution in [2.24, 2.45) is 5.92 Å². The minimum Gasteiger partial charge on any atom is -0.497 e. The summed E-state index contributed by atoms with van der Waals surface area (Å²) in [6.07, 6.45) is 4.26. The summed E-state index contributed by atoms with van der Waals surface area (Å²) in [6.45, 7) is 1.40. The van der Waals surface area contributed by atoms with Gasteiger partial charge in [0.2, 0.25) is 11.8 Å². The Hall–Kier alpha value is -3.67. The fraction of sp³-hybridized carbons (Fsp3) is 0.269. The van der Waals surface area contributed by atoms with Crippen LogP contribution in [-0.2, 0) is 22.4 Å². The van der Waals surface area contributed by atoms with Crippen LogP contribution in [0.5, 0.6) is 5.75 Å². The van der Waals surface area contributed by atoms with Crippen LogP contribution in [0.15, 0.2) is 73.1 Å². The minimum absolute atomic E-state index is 0.00605. The van der Waals surface area contributed by atoms with E-state index < -0.39 is 0 Å². The van der Waals surface area contributed by atoms with Crippen LogP contribution in [0, 0.1) is 5.92 Å². The van der Waals surface area contributed by atoms with Crippen molar-refractivity contribution in [2.75, 3.05) is 26.7 Å². The Morgan fingerprint density at radius 2 is 1.88 bits per heavy atom. The molecule has 1 atom stereocenters. The van der Waals surface area contributed by atoms with E-state index in [-0.39, 0.29) is 17.7 Å². The smallest absolute Gasteiger partial charge is 0.227 e. The number of carbonyl (C=O) groups is 2. The van der Waals surface area contributed by atoms with Gasteiger partial charge in [0.15, 0.2) is 0 Å². The second-order valence-corrected chi connectivity index (χ2v) is 8.00. The molecule has 2 amide bonds. The average molecular weight is 430 g/mol. The molecule has 1 unspecified atom stereocenters. The summed E-state index contributed by atoms with van der Waals surface area (Å²) in [4.78, 5) is 31.5. The SMILES string of the molecule is COc1cccc(-c2cccc(CC3CN(C(=O)Cc4cccnc4)CCNC3=O)c2)c1. The lowest BCUT2D eigenvalue weighted by Gasteiger charge is -2.23. The molecule has 0 bridgehead atoms. The first kappa shape index (κ1) is 21.6. The number of pyridine rings is 1. The minimum atomic E-state index is -0.295. The molecule has 0 aliphatic carbocycles. The number of aromatic nitrogens is 1. The summed E-state index contributed by atoms with van der Waals surface area (Å²) < 4.78 is 5.34. The third kappa shape index (κ3) is 5.32. The molecule has 3 aromatic rings. The normalized spacial score (nSPS) is 16.2. The van der Waals surface area contributed by atoms with Crippen LogP contribution in [0.3, 0.4) is 0 Å². The number of nitrogens with one attached hydrogen (secondary N) is 1. The van der Waals surface area contributed by atoms with Gasteiger partial charge in [-0.2, -0.15) is 0 Å². The monoisotopic (exact) mass is 429 g/mol. The molecule has 1 saturated heterocycles. The molecule has 1 aromatic heterocycles. The van der Waals surface area contributed by atoms with Crippen molar-refractivity contribution in [3.63, 3.8) is 0 Å². The van der Waals surface area contributed by atoms with E-state index in [2.05, 4.69) is 22.4 Å². The molecule has 6 heteroatoms. The maximum absolute atomic E-state index is 12.9. The van der Waals surface area contributed by atoms with Gasteiger partial charge in [-0.1, -0.05) is 42.5 Å². The molecule has 1 fully saturated rings. The van der Waals surface area contributed by atoms with Gasteiger partial charge in [-0.05, 0) is 46.9 Å². The van der Waals surface area contributed by atoms with E-state index >= 15 is 0 Å². The molecular weight excluding hydrogens is 402 g/mol. The lowest BCUT2D eigenvalue weighted by molar-refractivity contribution is -0.131.